The summed E-state index contributed by atoms with van der Waals surface area (Å²) in [5, 5.41) is 3.40. The number of ether oxygens (including phenoxy) is 2. The number of piperidine rings is 1. The Hall–Kier alpha value is -3.43. The summed E-state index contributed by atoms with van der Waals surface area (Å²) >= 11 is 0. The molecule has 0 aromatic heterocycles. The van der Waals surface area contributed by atoms with E-state index in [2.05, 4.69) is 5.32 Å². The maximum absolute atomic E-state index is 13.1. The molecule has 208 valence electrons. The Kier molecular flexibility index (Phi) is 9.17. The van der Waals surface area contributed by atoms with Crippen LogP contribution < -0.4 is 5.32 Å². The average Bonchev–Trinajstić information content (AvgIpc) is 3.09. The molecule has 0 radical (unpaired) electrons. The van der Waals surface area contributed by atoms with Crippen LogP contribution in [0.5, 0.6) is 0 Å². The summed E-state index contributed by atoms with van der Waals surface area (Å²) in [5.41, 5.74) is 0.733. The number of unbranched alkanes of at least 4 members (excludes halogenated alkanes) is 2. The maximum atomic E-state index is 13.1. The molecular weight excluding hydrogens is 490 g/mol. The molecule has 1 saturated heterocycles. The Labute approximate surface area is 224 Å². The van der Waals surface area contributed by atoms with E-state index in [1.165, 1.54) is 0 Å². The first-order valence-electron chi connectivity index (χ1n) is 13.2. The lowest BCUT2D eigenvalue weighted by atomic mass is 10.1. The monoisotopic (exact) mass is 529 g/mol. The minimum absolute atomic E-state index is 0.104. The fraction of sp³-hybridized carbons (Fsp3) is 0.607. The highest BCUT2D eigenvalue weighted by Crippen LogP contribution is 2.31. The molecule has 0 unspecified atom stereocenters. The van der Waals surface area contributed by atoms with Crippen LogP contribution in [-0.2, 0) is 30.4 Å². The number of likely N-dealkylation sites (tertiary alicyclic amines) is 1. The van der Waals surface area contributed by atoms with Gasteiger partial charge in [0.05, 0.1) is 6.54 Å². The van der Waals surface area contributed by atoms with Gasteiger partial charge in [-0.05, 0) is 66.0 Å². The van der Waals surface area contributed by atoms with Crippen LogP contribution in [0.2, 0.25) is 0 Å². The van der Waals surface area contributed by atoms with Crippen molar-refractivity contribution in [3.05, 3.63) is 29.3 Å². The zero-order valence-corrected chi connectivity index (χ0v) is 23.1. The molecule has 10 nitrogen and oxygen atoms in total. The van der Waals surface area contributed by atoms with E-state index < -0.39 is 29.1 Å². The summed E-state index contributed by atoms with van der Waals surface area (Å²) in [5.74, 6) is -1.48. The van der Waals surface area contributed by atoms with Gasteiger partial charge in [-0.2, -0.15) is 4.90 Å². The number of carbonyl (C=O) groups is 5. The molecule has 2 heterocycles. The van der Waals surface area contributed by atoms with Crippen molar-refractivity contribution in [2.75, 3.05) is 18.4 Å². The second-order valence-corrected chi connectivity index (χ2v) is 11.4. The lowest BCUT2D eigenvalue weighted by molar-refractivity contribution is -0.155. The Morgan fingerprint density at radius 3 is 2.29 bits per heavy atom. The van der Waals surface area contributed by atoms with E-state index in [9.17, 15) is 24.0 Å². The molecular formula is C28H39N3O7. The highest BCUT2D eigenvalue weighted by Gasteiger charge is 2.39. The summed E-state index contributed by atoms with van der Waals surface area (Å²) in [4.78, 5) is 63.8. The van der Waals surface area contributed by atoms with Crippen LogP contribution >= 0.6 is 0 Å². The number of nitrogens with one attached hydrogen (secondary N) is 1. The number of amides is 4. The molecule has 1 fully saturated rings. The SMILES string of the molecule is CC(C)(C)OC(=O)CCCCCNc1cccc2c1CN(CC(C)(C)OC(=O)N1C(=O)CCCC1=O)C2=O. The summed E-state index contributed by atoms with van der Waals surface area (Å²) in [6, 6.07) is 5.52. The molecule has 0 saturated carbocycles. The third-order valence-corrected chi connectivity index (χ3v) is 6.23. The van der Waals surface area contributed by atoms with Crippen molar-refractivity contribution < 1.29 is 33.4 Å². The van der Waals surface area contributed by atoms with E-state index in [-0.39, 0.29) is 31.3 Å². The van der Waals surface area contributed by atoms with Gasteiger partial charge in [0.15, 0.2) is 0 Å². The van der Waals surface area contributed by atoms with Crippen molar-refractivity contribution in [3.8, 4) is 0 Å². The number of carbonyl (C=O) groups excluding carboxylic acids is 5. The Morgan fingerprint density at radius 1 is 0.947 bits per heavy atom. The number of fused-ring (bicyclic) bond motifs is 1. The summed E-state index contributed by atoms with van der Waals surface area (Å²) in [7, 11) is 0. The second-order valence-electron chi connectivity index (χ2n) is 11.4. The van der Waals surface area contributed by atoms with Gasteiger partial charge in [0.2, 0.25) is 11.8 Å². The molecule has 0 bridgehead atoms. The van der Waals surface area contributed by atoms with Crippen LogP contribution in [0.15, 0.2) is 18.2 Å². The quantitative estimate of drug-likeness (QED) is 0.269. The first-order valence-corrected chi connectivity index (χ1v) is 13.2. The second kappa shape index (κ2) is 12.0. The van der Waals surface area contributed by atoms with Gasteiger partial charge in [0.1, 0.15) is 11.2 Å². The number of hydrogen-bond acceptors (Lipinski definition) is 8. The molecule has 3 rings (SSSR count). The van der Waals surface area contributed by atoms with Crippen LogP contribution in [0.4, 0.5) is 10.5 Å². The molecule has 1 N–H and O–H groups in total. The van der Waals surface area contributed by atoms with Gasteiger partial charge in [0, 0.05) is 49.2 Å². The van der Waals surface area contributed by atoms with E-state index in [0.717, 1.165) is 30.5 Å². The summed E-state index contributed by atoms with van der Waals surface area (Å²) in [6.45, 7) is 10.0. The van der Waals surface area contributed by atoms with Gasteiger partial charge in [-0.25, -0.2) is 4.79 Å². The zero-order valence-electron chi connectivity index (χ0n) is 23.1. The van der Waals surface area contributed by atoms with Crippen LogP contribution in [0.3, 0.4) is 0 Å². The lowest BCUT2D eigenvalue weighted by Crippen LogP contribution is -2.49. The Balaban J connectivity index is 1.50. The van der Waals surface area contributed by atoms with Crippen molar-refractivity contribution in [3.63, 3.8) is 0 Å². The number of nitrogens with zero attached hydrogens (tertiary/aromatic N) is 2. The molecule has 1 aromatic carbocycles. The first kappa shape index (κ1) is 29.1. The fourth-order valence-corrected chi connectivity index (χ4v) is 4.60. The smallest absolute Gasteiger partial charge is 0.424 e. The average molecular weight is 530 g/mol. The predicted molar refractivity (Wildman–Crippen MR) is 140 cm³/mol. The van der Waals surface area contributed by atoms with Crippen molar-refractivity contribution in [2.24, 2.45) is 0 Å². The lowest BCUT2D eigenvalue weighted by Gasteiger charge is -2.32. The standard InChI is InChI=1S/C28H39N3O7/c1-27(2,3)37-24(34)15-7-6-8-16-29-21-12-9-11-19-20(21)17-30(25(19)35)18-28(4,5)38-26(36)31-22(32)13-10-14-23(31)33/h9,11-12,29H,6-8,10,13-18H2,1-5H3. The van der Waals surface area contributed by atoms with Crippen molar-refractivity contribution in [1.82, 2.24) is 9.80 Å². The van der Waals surface area contributed by atoms with Gasteiger partial charge in [-0.15, -0.1) is 0 Å². The molecule has 38 heavy (non-hydrogen) atoms. The van der Waals surface area contributed by atoms with E-state index in [4.69, 9.17) is 9.47 Å². The van der Waals surface area contributed by atoms with Crippen LogP contribution in [-0.4, -0.2) is 63.9 Å². The predicted octanol–water partition coefficient (Wildman–Crippen LogP) is 4.41. The highest BCUT2D eigenvalue weighted by molar-refractivity contribution is 6.10. The van der Waals surface area contributed by atoms with Gasteiger partial charge in [-0.3, -0.25) is 19.2 Å². The van der Waals surface area contributed by atoms with Crippen LogP contribution in [0.1, 0.15) is 95.5 Å². The number of imide groups is 3. The van der Waals surface area contributed by atoms with Crippen molar-refractivity contribution in [2.45, 2.75) is 97.3 Å². The molecule has 4 amide bonds. The topological polar surface area (TPSA) is 122 Å². The van der Waals surface area contributed by atoms with E-state index in [1.54, 1.807) is 24.8 Å². The minimum atomic E-state index is -1.12. The molecule has 10 heteroatoms. The van der Waals surface area contributed by atoms with Crippen LogP contribution in [0.25, 0.3) is 0 Å². The molecule has 1 aromatic rings. The largest absolute Gasteiger partial charge is 0.460 e. The van der Waals surface area contributed by atoms with Gasteiger partial charge < -0.3 is 19.7 Å². The molecule has 0 spiro atoms. The number of hydrogen-bond donors (Lipinski definition) is 1. The van der Waals surface area contributed by atoms with Crippen LogP contribution in [0, 0.1) is 0 Å². The van der Waals surface area contributed by atoms with Gasteiger partial charge in [-0.1, -0.05) is 12.5 Å². The Bertz CT molecular complexity index is 1070. The molecule has 2 aliphatic heterocycles. The number of esters is 1. The zero-order chi connectivity index (χ0) is 28.1. The number of rotatable bonds is 10. The molecule has 0 atom stereocenters. The maximum Gasteiger partial charge on any atom is 0.424 e. The third-order valence-electron chi connectivity index (χ3n) is 6.23. The number of benzene rings is 1. The summed E-state index contributed by atoms with van der Waals surface area (Å²) < 4.78 is 10.8. The van der Waals surface area contributed by atoms with E-state index in [0.29, 0.717) is 36.4 Å². The normalized spacial score (nSPS) is 16.0. The highest BCUT2D eigenvalue weighted by atomic mass is 16.6. The number of anilines is 1. The van der Waals surface area contributed by atoms with E-state index >= 15 is 0 Å². The minimum Gasteiger partial charge on any atom is -0.460 e. The summed E-state index contributed by atoms with van der Waals surface area (Å²) in [6.07, 6.45) is 2.55. The fourth-order valence-electron chi connectivity index (χ4n) is 4.60. The Morgan fingerprint density at radius 2 is 1.63 bits per heavy atom. The molecule has 0 aliphatic carbocycles. The van der Waals surface area contributed by atoms with E-state index in [1.807, 2.05) is 32.9 Å². The van der Waals surface area contributed by atoms with Crippen molar-refractivity contribution >= 4 is 35.5 Å². The third kappa shape index (κ3) is 7.79. The van der Waals surface area contributed by atoms with Gasteiger partial charge in [0.25, 0.3) is 5.91 Å². The van der Waals surface area contributed by atoms with Crippen molar-refractivity contribution in [1.29, 1.82) is 0 Å². The molecule has 2 aliphatic rings. The first-order chi connectivity index (χ1) is 17.8. The van der Waals surface area contributed by atoms with Gasteiger partial charge >= 0.3 is 12.1 Å².